The van der Waals surface area contributed by atoms with Crippen molar-refractivity contribution in [1.82, 2.24) is 14.9 Å². The smallest absolute Gasteiger partial charge is 0.262 e. The van der Waals surface area contributed by atoms with E-state index in [0.717, 1.165) is 10.3 Å². The Morgan fingerprint density at radius 1 is 1.22 bits per heavy atom. The Bertz CT molecular complexity index is 1120. The number of nitrogens with zero attached hydrogens (tertiary/aromatic N) is 2. The zero-order valence-electron chi connectivity index (χ0n) is 14.3. The lowest BCUT2D eigenvalue weighted by Crippen LogP contribution is -2.30. The van der Waals surface area contributed by atoms with Crippen LogP contribution in [0.25, 0.3) is 10.1 Å². The quantitative estimate of drug-likeness (QED) is 0.528. The van der Waals surface area contributed by atoms with Crippen LogP contribution in [0, 0.1) is 5.82 Å². The maximum atomic E-state index is 13.4. The molecule has 0 spiro atoms. The third kappa shape index (κ3) is 3.59. The highest BCUT2D eigenvalue weighted by Crippen LogP contribution is 2.28. The van der Waals surface area contributed by atoms with Gasteiger partial charge in [-0.1, -0.05) is 23.7 Å². The standard InChI is InChI=1S/C20H15ClFN3OS/c1-25-9-8-23-19(25)18(12-2-4-14(21)5-3-12)24-20(26)17-11-13-10-15(22)6-7-16(13)27-17/h2-11,18H,1H3,(H,24,26). The van der Waals surface area contributed by atoms with Gasteiger partial charge < -0.3 is 9.88 Å². The molecule has 2 aromatic carbocycles. The number of thiophene rings is 1. The van der Waals surface area contributed by atoms with E-state index in [2.05, 4.69) is 10.3 Å². The molecule has 27 heavy (non-hydrogen) atoms. The lowest BCUT2D eigenvalue weighted by Gasteiger charge is -2.19. The molecule has 4 nitrogen and oxygen atoms in total. The van der Waals surface area contributed by atoms with Gasteiger partial charge in [0, 0.05) is 29.2 Å². The van der Waals surface area contributed by atoms with Crippen molar-refractivity contribution in [2.45, 2.75) is 6.04 Å². The van der Waals surface area contributed by atoms with Crippen molar-refractivity contribution in [2.24, 2.45) is 7.05 Å². The average Bonchev–Trinajstić information content (AvgIpc) is 3.26. The Balaban J connectivity index is 1.68. The second-order valence-corrected chi connectivity index (χ2v) is 7.67. The Kier molecular flexibility index (Phi) is 4.68. The minimum absolute atomic E-state index is 0.237. The summed E-state index contributed by atoms with van der Waals surface area (Å²) in [4.78, 5) is 17.8. The van der Waals surface area contributed by atoms with Crippen molar-refractivity contribution in [2.75, 3.05) is 0 Å². The first-order valence-electron chi connectivity index (χ1n) is 8.24. The van der Waals surface area contributed by atoms with E-state index in [1.165, 1.54) is 23.5 Å². The van der Waals surface area contributed by atoms with E-state index in [1.54, 1.807) is 30.5 Å². The highest BCUT2D eigenvalue weighted by molar-refractivity contribution is 7.20. The summed E-state index contributed by atoms with van der Waals surface area (Å²) in [5.41, 5.74) is 0.870. The number of imidazole rings is 1. The van der Waals surface area contributed by atoms with Crippen LogP contribution in [0.15, 0.2) is 60.9 Å². The molecule has 0 aliphatic carbocycles. The summed E-state index contributed by atoms with van der Waals surface area (Å²) in [5.74, 6) is 0.150. The highest BCUT2D eigenvalue weighted by Gasteiger charge is 2.22. The number of hydrogen-bond acceptors (Lipinski definition) is 3. The molecule has 4 rings (SSSR count). The number of halogens is 2. The van der Waals surface area contributed by atoms with Crippen LogP contribution in [0.4, 0.5) is 4.39 Å². The molecular weight excluding hydrogens is 385 g/mol. The predicted octanol–water partition coefficient (Wildman–Crippen LogP) is 4.95. The van der Waals surface area contributed by atoms with Gasteiger partial charge in [-0.05, 0) is 47.3 Å². The van der Waals surface area contributed by atoms with E-state index in [9.17, 15) is 9.18 Å². The second kappa shape index (κ2) is 7.13. The molecule has 2 aromatic heterocycles. The van der Waals surface area contributed by atoms with Gasteiger partial charge in [-0.2, -0.15) is 0 Å². The fourth-order valence-electron chi connectivity index (χ4n) is 2.94. The topological polar surface area (TPSA) is 46.9 Å². The third-order valence-electron chi connectivity index (χ3n) is 4.30. The van der Waals surface area contributed by atoms with Crippen LogP contribution in [-0.2, 0) is 7.05 Å². The van der Waals surface area contributed by atoms with Crippen LogP contribution < -0.4 is 5.32 Å². The molecule has 1 atom stereocenters. The number of aryl methyl sites for hydroxylation is 1. The summed E-state index contributed by atoms with van der Waals surface area (Å²) in [6, 6.07) is 13.1. The number of carbonyl (C=O) groups is 1. The summed E-state index contributed by atoms with van der Waals surface area (Å²) >= 11 is 7.32. The monoisotopic (exact) mass is 399 g/mol. The van der Waals surface area contributed by atoms with Crippen molar-refractivity contribution in [1.29, 1.82) is 0 Å². The van der Waals surface area contributed by atoms with Crippen LogP contribution in [0.3, 0.4) is 0 Å². The fraction of sp³-hybridized carbons (Fsp3) is 0.100. The predicted molar refractivity (Wildman–Crippen MR) is 106 cm³/mol. The molecule has 0 bridgehead atoms. The van der Waals surface area contributed by atoms with Crippen molar-refractivity contribution in [3.8, 4) is 0 Å². The molecule has 0 radical (unpaired) electrons. The van der Waals surface area contributed by atoms with E-state index in [-0.39, 0.29) is 11.7 Å². The van der Waals surface area contributed by atoms with E-state index < -0.39 is 6.04 Å². The van der Waals surface area contributed by atoms with Gasteiger partial charge in [0.05, 0.1) is 4.88 Å². The van der Waals surface area contributed by atoms with E-state index in [4.69, 9.17) is 11.6 Å². The van der Waals surface area contributed by atoms with Gasteiger partial charge in [-0.3, -0.25) is 4.79 Å². The Labute approximate surface area is 164 Å². The van der Waals surface area contributed by atoms with Gasteiger partial charge in [0.2, 0.25) is 0 Å². The molecule has 0 saturated carbocycles. The first kappa shape index (κ1) is 17.7. The number of carbonyl (C=O) groups excluding carboxylic acids is 1. The number of hydrogen-bond donors (Lipinski definition) is 1. The van der Waals surface area contributed by atoms with Crippen molar-refractivity contribution in [3.63, 3.8) is 0 Å². The molecule has 0 aliphatic heterocycles. The Morgan fingerprint density at radius 3 is 2.70 bits per heavy atom. The normalized spacial score (nSPS) is 12.3. The number of fused-ring (bicyclic) bond motifs is 1. The van der Waals surface area contributed by atoms with Crippen LogP contribution in [0.5, 0.6) is 0 Å². The van der Waals surface area contributed by atoms with Crippen LogP contribution >= 0.6 is 22.9 Å². The molecule has 136 valence electrons. The zero-order chi connectivity index (χ0) is 19.0. The molecule has 2 heterocycles. The SMILES string of the molecule is Cn1ccnc1C(NC(=O)c1cc2cc(F)ccc2s1)c1ccc(Cl)cc1. The van der Waals surface area contributed by atoms with Gasteiger partial charge in [-0.25, -0.2) is 9.37 Å². The zero-order valence-corrected chi connectivity index (χ0v) is 15.9. The lowest BCUT2D eigenvalue weighted by atomic mass is 10.1. The second-order valence-electron chi connectivity index (χ2n) is 6.15. The summed E-state index contributed by atoms with van der Waals surface area (Å²) in [6.07, 6.45) is 3.51. The maximum Gasteiger partial charge on any atom is 0.262 e. The van der Waals surface area contributed by atoms with Crippen LogP contribution in [-0.4, -0.2) is 15.5 Å². The minimum atomic E-state index is -0.434. The molecule has 7 heteroatoms. The van der Waals surface area contributed by atoms with Gasteiger partial charge in [0.25, 0.3) is 5.91 Å². The van der Waals surface area contributed by atoms with Gasteiger partial charge in [0.15, 0.2) is 0 Å². The van der Waals surface area contributed by atoms with Gasteiger partial charge in [0.1, 0.15) is 17.7 Å². The fourth-order valence-corrected chi connectivity index (χ4v) is 4.01. The van der Waals surface area contributed by atoms with Gasteiger partial charge in [-0.15, -0.1) is 11.3 Å². The van der Waals surface area contributed by atoms with Crippen molar-refractivity contribution in [3.05, 3.63) is 88.0 Å². The molecule has 0 saturated heterocycles. The number of benzene rings is 2. The average molecular weight is 400 g/mol. The summed E-state index contributed by atoms with van der Waals surface area (Å²) in [5, 5.41) is 4.37. The van der Waals surface area contributed by atoms with E-state index in [1.807, 2.05) is 29.9 Å². The maximum absolute atomic E-state index is 13.4. The summed E-state index contributed by atoms with van der Waals surface area (Å²) < 4.78 is 16.1. The molecule has 4 aromatic rings. The van der Waals surface area contributed by atoms with Gasteiger partial charge >= 0.3 is 0 Å². The summed E-state index contributed by atoms with van der Waals surface area (Å²) in [6.45, 7) is 0. The first-order chi connectivity index (χ1) is 13.0. The third-order valence-corrected chi connectivity index (χ3v) is 5.66. The number of rotatable bonds is 4. The minimum Gasteiger partial charge on any atom is -0.337 e. The summed E-state index contributed by atoms with van der Waals surface area (Å²) in [7, 11) is 1.87. The highest BCUT2D eigenvalue weighted by atomic mass is 35.5. The van der Waals surface area contributed by atoms with E-state index in [0.29, 0.717) is 21.1 Å². The number of aromatic nitrogens is 2. The molecule has 1 unspecified atom stereocenters. The lowest BCUT2D eigenvalue weighted by molar-refractivity contribution is 0.0945. The largest absolute Gasteiger partial charge is 0.337 e. The molecule has 1 amide bonds. The van der Waals surface area contributed by atoms with Crippen molar-refractivity contribution < 1.29 is 9.18 Å². The van der Waals surface area contributed by atoms with Crippen LogP contribution in [0.2, 0.25) is 5.02 Å². The Morgan fingerprint density at radius 2 is 2.00 bits per heavy atom. The first-order valence-corrected chi connectivity index (χ1v) is 9.43. The number of amides is 1. The molecule has 1 N–H and O–H groups in total. The molecular formula is C20H15ClFN3OS. The van der Waals surface area contributed by atoms with E-state index >= 15 is 0 Å². The number of nitrogens with one attached hydrogen (secondary N) is 1. The van der Waals surface area contributed by atoms with Crippen molar-refractivity contribution >= 4 is 38.9 Å². The van der Waals surface area contributed by atoms with Crippen LogP contribution in [0.1, 0.15) is 27.1 Å². The Hall–Kier alpha value is -2.70. The molecule has 0 aliphatic rings. The molecule has 0 fully saturated rings.